The SMILES string of the molecule is COc1ccccc1-c1cncnc1Cl. The summed E-state index contributed by atoms with van der Waals surface area (Å²) in [5, 5.41) is 0.425. The first kappa shape index (κ1) is 9.93. The molecule has 0 amide bonds. The van der Waals surface area contributed by atoms with Crippen LogP contribution in [0.15, 0.2) is 36.8 Å². The smallest absolute Gasteiger partial charge is 0.140 e. The average molecular weight is 221 g/mol. The molecule has 1 aromatic heterocycles. The van der Waals surface area contributed by atoms with E-state index in [2.05, 4.69) is 9.97 Å². The molecule has 0 unspecified atom stereocenters. The Kier molecular flexibility index (Phi) is 2.83. The highest BCUT2D eigenvalue weighted by Crippen LogP contribution is 2.32. The Labute approximate surface area is 92.7 Å². The van der Waals surface area contributed by atoms with Gasteiger partial charge in [-0.05, 0) is 6.07 Å². The first-order valence-corrected chi connectivity index (χ1v) is 4.79. The van der Waals surface area contributed by atoms with E-state index >= 15 is 0 Å². The number of aromatic nitrogens is 2. The third-order valence-electron chi connectivity index (χ3n) is 2.06. The standard InChI is InChI=1S/C11H9ClN2O/c1-15-10-5-3-2-4-8(10)9-6-13-7-14-11(9)12/h2-7H,1H3. The second-order valence-electron chi connectivity index (χ2n) is 2.93. The highest BCUT2D eigenvalue weighted by Gasteiger charge is 2.08. The summed E-state index contributed by atoms with van der Waals surface area (Å²) in [6.07, 6.45) is 3.09. The average Bonchev–Trinajstić information content (AvgIpc) is 2.30. The predicted molar refractivity (Wildman–Crippen MR) is 59.0 cm³/mol. The van der Waals surface area contributed by atoms with Gasteiger partial charge in [-0.1, -0.05) is 29.8 Å². The Morgan fingerprint density at radius 2 is 2.00 bits per heavy atom. The normalized spacial score (nSPS) is 10.0. The van der Waals surface area contributed by atoms with Crippen molar-refractivity contribution in [3.05, 3.63) is 41.9 Å². The summed E-state index contributed by atoms with van der Waals surface area (Å²) >= 11 is 5.98. The summed E-state index contributed by atoms with van der Waals surface area (Å²) in [6.45, 7) is 0. The number of hydrogen-bond acceptors (Lipinski definition) is 3. The first-order valence-electron chi connectivity index (χ1n) is 4.42. The van der Waals surface area contributed by atoms with Crippen LogP contribution in [0, 0.1) is 0 Å². The lowest BCUT2D eigenvalue weighted by Gasteiger charge is -2.08. The van der Waals surface area contributed by atoms with Gasteiger partial charge in [0, 0.05) is 17.3 Å². The molecule has 15 heavy (non-hydrogen) atoms. The molecule has 0 aliphatic carbocycles. The van der Waals surface area contributed by atoms with Crippen molar-refractivity contribution in [3.63, 3.8) is 0 Å². The Balaban J connectivity index is 2.59. The zero-order chi connectivity index (χ0) is 10.7. The topological polar surface area (TPSA) is 35.0 Å². The number of nitrogens with zero attached hydrogens (tertiary/aromatic N) is 2. The minimum Gasteiger partial charge on any atom is -0.496 e. The van der Waals surface area contributed by atoms with Crippen LogP contribution >= 0.6 is 11.6 Å². The number of rotatable bonds is 2. The number of halogens is 1. The van der Waals surface area contributed by atoms with E-state index in [1.54, 1.807) is 13.3 Å². The number of hydrogen-bond donors (Lipinski definition) is 0. The lowest BCUT2D eigenvalue weighted by molar-refractivity contribution is 0.416. The molecule has 0 radical (unpaired) electrons. The minimum absolute atomic E-state index is 0.425. The molecule has 0 atom stereocenters. The van der Waals surface area contributed by atoms with Crippen molar-refractivity contribution in [1.82, 2.24) is 9.97 Å². The van der Waals surface area contributed by atoms with E-state index < -0.39 is 0 Å². The van der Waals surface area contributed by atoms with Gasteiger partial charge in [-0.2, -0.15) is 0 Å². The molecular weight excluding hydrogens is 212 g/mol. The van der Waals surface area contributed by atoms with Crippen LogP contribution in [0.1, 0.15) is 0 Å². The van der Waals surface area contributed by atoms with Crippen molar-refractivity contribution < 1.29 is 4.74 Å². The van der Waals surface area contributed by atoms with E-state index in [9.17, 15) is 0 Å². The van der Waals surface area contributed by atoms with E-state index in [4.69, 9.17) is 16.3 Å². The van der Waals surface area contributed by atoms with Crippen molar-refractivity contribution in [1.29, 1.82) is 0 Å². The van der Waals surface area contributed by atoms with Gasteiger partial charge < -0.3 is 4.74 Å². The van der Waals surface area contributed by atoms with Gasteiger partial charge in [0.25, 0.3) is 0 Å². The van der Waals surface area contributed by atoms with Crippen molar-refractivity contribution in [2.75, 3.05) is 7.11 Å². The molecule has 1 heterocycles. The van der Waals surface area contributed by atoms with Crippen LogP contribution in [-0.4, -0.2) is 17.1 Å². The molecule has 0 N–H and O–H groups in total. The van der Waals surface area contributed by atoms with Crippen molar-refractivity contribution >= 4 is 11.6 Å². The van der Waals surface area contributed by atoms with Gasteiger partial charge in [0.1, 0.15) is 17.2 Å². The van der Waals surface area contributed by atoms with Crippen LogP contribution in [0.2, 0.25) is 5.15 Å². The fourth-order valence-corrected chi connectivity index (χ4v) is 1.56. The summed E-state index contributed by atoms with van der Waals surface area (Å²) in [6, 6.07) is 7.61. The molecule has 3 nitrogen and oxygen atoms in total. The Hall–Kier alpha value is -1.61. The first-order chi connectivity index (χ1) is 7.33. The van der Waals surface area contributed by atoms with Crippen molar-refractivity contribution in [3.8, 4) is 16.9 Å². The summed E-state index contributed by atoms with van der Waals surface area (Å²) in [5.41, 5.74) is 1.67. The minimum atomic E-state index is 0.425. The van der Waals surface area contributed by atoms with Gasteiger partial charge in [0.05, 0.1) is 7.11 Å². The van der Waals surface area contributed by atoms with Crippen molar-refractivity contribution in [2.24, 2.45) is 0 Å². The van der Waals surface area contributed by atoms with E-state index in [1.165, 1.54) is 6.33 Å². The lowest BCUT2D eigenvalue weighted by atomic mass is 10.1. The van der Waals surface area contributed by atoms with Gasteiger partial charge in [-0.3, -0.25) is 0 Å². The summed E-state index contributed by atoms with van der Waals surface area (Å²) in [4.78, 5) is 7.88. The summed E-state index contributed by atoms with van der Waals surface area (Å²) in [7, 11) is 1.62. The zero-order valence-electron chi connectivity index (χ0n) is 8.14. The molecule has 0 aliphatic heterocycles. The van der Waals surface area contributed by atoms with E-state index in [1.807, 2.05) is 24.3 Å². The second kappa shape index (κ2) is 4.28. The number of para-hydroxylation sites is 1. The molecule has 2 aromatic rings. The Morgan fingerprint density at radius 3 is 2.73 bits per heavy atom. The van der Waals surface area contributed by atoms with E-state index in [0.29, 0.717) is 5.15 Å². The molecular formula is C11H9ClN2O. The van der Waals surface area contributed by atoms with E-state index in [-0.39, 0.29) is 0 Å². The Morgan fingerprint density at radius 1 is 1.20 bits per heavy atom. The molecule has 4 heteroatoms. The third kappa shape index (κ3) is 1.92. The molecule has 0 aliphatic rings. The van der Waals surface area contributed by atoms with Crippen molar-refractivity contribution in [2.45, 2.75) is 0 Å². The highest BCUT2D eigenvalue weighted by atomic mass is 35.5. The van der Waals surface area contributed by atoms with Crippen LogP contribution in [0.5, 0.6) is 5.75 Å². The van der Waals surface area contributed by atoms with Gasteiger partial charge in [-0.15, -0.1) is 0 Å². The molecule has 76 valence electrons. The quantitative estimate of drug-likeness (QED) is 0.730. The van der Waals surface area contributed by atoms with Crippen LogP contribution in [-0.2, 0) is 0 Å². The molecule has 0 spiro atoms. The largest absolute Gasteiger partial charge is 0.496 e. The molecule has 2 rings (SSSR count). The molecule has 1 aromatic carbocycles. The van der Waals surface area contributed by atoms with Crippen LogP contribution in [0.3, 0.4) is 0 Å². The monoisotopic (exact) mass is 220 g/mol. The number of benzene rings is 1. The lowest BCUT2D eigenvalue weighted by Crippen LogP contribution is -1.90. The predicted octanol–water partition coefficient (Wildman–Crippen LogP) is 2.81. The fraction of sp³-hybridized carbons (Fsp3) is 0.0909. The van der Waals surface area contributed by atoms with Crippen LogP contribution in [0.4, 0.5) is 0 Å². The van der Waals surface area contributed by atoms with Crippen LogP contribution < -0.4 is 4.74 Å². The summed E-state index contributed by atoms with van der Waals surface area (Å²) < 4.78 is 5.24. The maximum atomic E-state index is 5.98. The third-order valence-corrected chi connectivity index (χ3v) is 2.36. The number of methoxy groups -OCH3 is 1. The zero-order valence-corrected chi connectivity index (χ0v) is 8.90. The molecule has 0 saturated heterocycles. The maximum Gasteiger partial charge on any atom is 0.140 e. The maximum absolute atomic E-state index is 5.98. The molecule has 0 fully saturated rings. The van der Waals surface area contributed by atoms with E-state index in [0.717, 1.165) is 16.9 Å². The highest BCUT2D eigenvalue weighted by molar-refractivity contribution is 6.32. The summed E-state index contributed by atoms with van der Waals surface area (Å²) in [5.74, 6) is 0.759. The van der Waals surface area contributed by atoms with Gasteiger partial charge in [-0.25, -0.2) is 9.97 Å². The van der Waals surface area contributed by atoms with Gasteiger partial charge >= 0.3 is 0 Å². The molecule has 0 bridgehead atoms. The van der Waals surface area contributed by atoms with Gasteiger partial charge in [0.2, 0.25) is 0 Å². The molecule has 0 saturated carbocycles. The van der Waals surface area contributed by atoms with Crippen LogP contribution in [0.25, 0.3) is 11.1 Å². The second-order valence-corrected chi connectivity index (χ2v) is 3.29. The fourth-order valence-electron chi connectivity index (χ4n) is 1.36. The van der Waals surface area contributed by atoms with Gasteiger partial charge in [0.15, 0.2) is 0 Å². The number of ether oxygens (including phenoxy) is 1. The Bertz CT molecular complexity index is 474.